The number of carboxylic acids is 1. The second-order valence-electron chi connectivity index (χ2n) is 6.80. The van der Waals surface area contributed by atoms with Crippen molar-refractivity contribution < 1.29 is 23.4 Å². The van der Waals surface area contributed by atoms with Gasteiger partial charge >= 0.3 is 5.97 Å². The molecule has 3 aromatic rings. The van der Waals surface area contributed by atoms with Crippen LogP contribution in [-0.2, 0) is 4.74 Å². The highest BCUT2D eigenvalue weighted by molar-refractivity contribution is 5.92. The van der Waals surface area contributed by atoms with Gasteiger partial charge in [0.05, 0.1) is 30.3 Å². The van der Waals surface area contributed by atoms with E-state index in [4.69, 9.17) is 4.74 Å². The number of aromatic carboxylic acids is 1. The van der Waals surface area contributed by atoms with E-state index in [2.05, 4.69) is 4.98 Å². The van der Waals surface area contributed by atoms with Gasteiger partial charge < -0.3 is 14.7 Å². The Balaban J connectivity index is 2.00. The Morgan fingerprint density at radius 3 is 2.76 bits per heavy atom. The Labute approximate surface area is 163 Å². The first kappa shape index (κ1) is 19.0. The van der Waals surface area contributed by atoms with Crippen molar-refractivity contribution in [1.82, 2.24) is 9.55 Å². The van der Waals surface area contributed by atoms with Crippen LogP contribution in [0.15, 0.2) is 41.3 Å². The zero-order valence-corrected chi connectivity index (χ0v) is 15.4. The van der Waals surface area contributed by atoms with Crippen molar-refractivity contribution in [1.29, 1.82) is 0 Å². The number of hydrogen-bond acceptors (Lipinski definition) is 5. The van der Waals surface area contributed by atoms with E-state index in [9.17, 15) is 23.5 Å². The van der Waals surface area contributed by atoms with Crippen LogP contribution < -0.4 is 10.3 Å². The van der Waals surface area contributed by atoms with E-state index >= 15 is 0 Å². The van der Waals surface area contributed by atoms with Crippen LogP contribution >= 0.6 is 0 Å². The van der Waals surface area contributed by atoms with Gasteiger partial charge in [0.1, 0.15) is 23.0 Å². The molecule has 0 radical (unpaired) electrons. The van der Waals surface area contributed by atoms with Crippen LogP contribution in [0.25, 0.3) is 16.7 Å². The molecule has 4 rings (SSSR count). The third-order valence-corrected chi connectivity index (χ3v) is 4.90. The summed E-state index contributed by atoms with van der Waals surface area (Å²) in [7, 11) is 0. The quantitative estimate of drug-likeness (QED) is 0.726. The molecule has 0 spiro atoms. The summed E-state index contributed by atoms with van der Waals surface area (Å²) in [6.07, 6.45) is 1.02. The lowest BCUT2D eigenvalue weighted by molar-refractivity contribution is 0.0695. The standard InChI is InChI=1S/C20H17F2N3O4/c1-11-10-29-7-6-24(11)17-5-3-13-18(26)14(20(27)28)9-25(19(13)23-17)16-4-2-12(21)8-15(16)22/h2-5,8-9,11H,6-7,10H2,1H3,(H,27,28). The number of rotatable bonds is 3. The van der Waals surface area contributed by atoms with Crippen LogP contribution in [0.4, 0.5) is 14.6 Å². The van der Waals surface area contributed by atoms with Gasteiger partial charge in [-0.1, -0.05) is 0 Å². The first-order chi connectivity index (χ1) is 13.9. The third-order valence-electron chi connectivity index (χ3n) is 4.90. The number of carboxylic acid groups (broad SMARTS) is 1. The third kappa shape index (κ3) is 3.33. The molecule has 2 aromatic heterocycles. The number of morpholine rings is 1. The minimum atomic E-state index is -1.45. The summed E-state index contributed by atoms with van der Waals surface area (Å²) in [5.41, 5.74) is -1.28. The Hall–Kier alpha value is -3.33. The molecule has 0 amide bonds. The average Bonchev–Trinajstić information content (AvgIpc) is 2.69. The number of anilines is 1. The number of fused-ring (bicyclic) bond motifs is 1. The Kier molecular flexibility index (Phi) is 4.75. The van der Waals surface area contributed by atoms with Gasteiger partial charge in [0.25, 0.3) is 0 Å². The van der Waals surface area contributed by atoms with Gasteiger partial charge in [0.2, 0.25) is 5.43 Å². The number of benzene rings is 1. The van der Waals surface area contributed by atoms with Crippen molar-refractivity contribution in [3.8, 4) is 5.69 Å². The van der Waals surface area contributed by atoms with Crippen LogP contribution in [0.5, 0.6) is 0 Å². The van der Waals surface area contributed by atoms with Crippen LogP contribution in [0.2, 0.25) is 0 Å². The highest BCUT2D eigenvalue weighted by Crippen LogP contribution is 2.24. The SMILES string of the molecule is CC1COCCN1c1ccc2c(=O)c(C(=O)O)cn(-c3ccc(F)cc3F)c2n1. The summed E-state index contributed by atoms with van der Waals surface area (Å²) >= 11 is 0. The summed E-state index contributed by atoms with van der Waals surface area (Å²) in [6.45, 7) is 3.58. The van der Waals surface area contributed by atoms with E-state index in [-0.39, 0.29) is 22.8 Å². The molecule has 0 bridgehead atoms. The highest BCUT2D eigenvalue weighted by Gasteiger charge is 2.23. The van der Waals surface area contributed by atoms with E-state index in [1.54, 1.807) is 6.07 Å². The fourth-order valence-electron chi connectivity index (χ4n) is 3.43. The Bertz CT molecular complexity index is 1180. The van der Waals surface area contributed by atoms with Gasteiger partial charge in [-0.25, -0.2) is 18.6 Å². The van der Waals surface area contributed by atoms with Crippen molar-refractivity contribution in [3.63, 3.8) is 0 Å². The minimum absolute atomic E-state index is 0.0262. The molecule has 0 aliphatic carbocycles. The summed E-state index contributed by atoms with van der Waals surface area (Å²) in [5, 5.41) is 9.42. The molecular weight excluding hydrogens is 384 g/mol. The maximum Gasteiger partial charge on any atom is 0.341 e. The lowest BCUT2D eigenvalue weighted by atomic mass is 10.1. The molecule has 1 N–H and O–H groups in total. The second kappa shape index (κ2) is 7.25. The second-order valence-corrected chi connectivity index (χ2v) is 6.80. The normalized spacial score (nSPS) is 16.9. The summed E-state index contributed by atoms with van der Waals surface area (Å²) in [6, 6.07) is 6.06. The van der Waals surface area contributed by atoms with Crippen molar-refractivity contribution in [2.45, 2.75) is 13.0 Å². The molecule has 1 aliphatic rings. The number of nitrogens with zero attached hydrogens (tertiary/aromatic N) is 3. The van der Waals surface area contributed by atoms with E-state index in [0.29, 0.717) is 31.6 Å². The van der Waals surface area contributed by atoms with E-state index in [1.807, 2.05) is 11.8 Å². The lowest BCUT2D eigenvalue weighted by Crippen LogP contribution is -2.44. The molecule has 1 unspecified atom stereocenters. The maximum absolute atomic E-state index is 14.5. The predicted octanol–water partition coefficient (Wildman–Crippen LogP) is 2.59. The molecule has 1 fully saturated rings. The van der Waals surface area contributed by atoms with Crippen LogP contribution in [-0.4, -0.2) is 46.4 Å². The lowest BCUT2D eigenvalue weighted by Gasteiger charge is -2.34. The molecule has 1 atom stereocenters. The Morgan fingerprint density at radius 1 is 1.28 bits per heavy atom. The molecule has 1 aromatic carbocycles. The van der Waals surface area contributed by atoms with Crippen molar-refractivity contribution >= 4 is 22.8 Å². The number of carbonyl (C=O) groups is 1. The first-order valence-corrected chi connectivity index (χ1v) is 8.96. The summed E-state index contributed by atoms with van der Waals surface area (Å²) < 4.78 is 34.4. The highest BCUT2D eigenvalue weighted by atomic mass is 19.1. The number of aromatic nitrogens is 2. The maximum atomic E-state index is 14.5. The molecule has 0 saturated carbocycles. The fourth-order valence-corrected chi connectivity index (χ4v) is 3.43. The van der Waals surface area contributed by atoms with Crippen LogP contribution in [0.1, 0.15) is 17.3 Å². The van der Waals surface area contributed by atoms with Crippen molar-refractivity contribution in [2.75, 3.05) is 24.7 Å². The first-order valence-electron chi connectivity index (χ1n) is 8.96. The number of ether oxygens (including phenoxy) is 1. The van der Waals surface area contributed by atoms with Gasteiger partial charge in [-0.05, 0) is 31.2 Å². The number of hydrogen-bond donors (Lipinski definition) is 1. The monoisotopic (exact) mass is 401 g/mol. The van der Waals surface area contributed by atoms with E-state index < -0.39 is 28.6 Å². The van der Waals surface area contributed by atoms with E-state index in [0.717, 1.165) is 12.3 Å². The molecule has 29 heavy (non-hydrogen) atoms. The van der Waals surface area contributed by atoms with Gasteiger partial charge in [-0.15, -0.1) is 0 Å². The van der Waals surface area contributed by atoms with Gasteiger partial charge in [0.15, 0.2) is 5.65 Å². The molecule has 9 heteroatoms. The molecule has 1 saturated heterocycles. The topological polar surface area (TPSA) is 84.7 Å². The van der Waals surface area contributed by atoms with Crippen LogP contribution in [0.3, 0.4) is 0 Å². The zero-order valence-electron chi connectivity index (χ0n) is 15.4. The average molecular weight is 401 g/mol. The zero-order chi connectivity index (χ0) is 20.7. The summed E-state index contributed by atoms with van der Waals surface area (Å²) in [5.74, 6) is -2.57. The smallest absolute Gasteiger partial charge is 0.341 e. The predicted molar refractivity (Wildman–Crippen MR) is 102 cm³/mol. The summed E-state index contributed by atoms with van der Waals surface area (Å²) in [4.78, 5) is 30.7. The number of halogens is 2. The van der Waals surface area contributed by atoms with Gasteiger partial charge in [-0.3, -0.25) is 9.36 Å². The number of pyridine rings is 2. The molecule has 1 aliphatic heterocycles. The van der Waals surface area contributed by atoms with Crippen molar-refractivity contribution in [3.05, 3.63) is 63.9 Å². The largest absolute Gasteiger partial charge is 0.477 e. The molecular formula is C20H17F2N3O4. The Morgan fingerprint density at radius 2 is 2.07 bits per heavy atom. The molecule has 7 nitrogen and oxygen atoms in total. The van der Waals surface area contributed by atoms with Gasteiger partial charge in [0, 0.05) is 18.8 Å². The van der Waals surface area contributed by atoms with Gasteiger partial charge in [-0.2, -0.15) is 0 Å². The van der Waals surface area contributed by atoms with E-state index in [1.165, 1.54) is 16.7 Å². The van der Waals surface area contributed by atoms with Crippen LogP contribution in [0, 0.1) is 11.6 Å². The molecule has 150 valence electrons. The molecule has 3 heterocycles. The minimum Gasteiger partial charge on any atom is -0.477 e. The van der Waals surface area contributed by atoms with Crippen molar-refractivity contribution in [2.24, 2.45) is 0 Å². The fraction of sp³-hybridized carbons (Fsp3) is 0.250.